The highest BCUT2D eigenvalue weighted by molar-refractivity contribution is 7.89. The summed E-state index contributed by atoms with van der Waals surface area (Å²) in [4.78, 5) is 6.18. The number of rotatable bonds is 5. The first kappa shape index (κ1) is 15.5. The van der Waals surface area contributed by atoms with E-state index in [-0.39, 0.29) is 22.0 Å². The van der Waals surface area contributed by atoms with Crippen molar-refractivity contribution in [2.45, 2.75) is 11.4 Å². The van der Waals surface area contributed by atoms with E-state index in [0.29, 0.717) is 5.82 Å². The monoisotopic (exact) mass is 328 g/mol. The van der Waals surface area contributed by atoms with Gasteiger partial charge in [0.15, 0.2) is 0 Å². The lowest BCUT2D eigenvalue weighted by molar-refractivity contribution is 0.457. The zero-order chi connectivity index (χ0) is 15.6. The van der Waals surface area contributed by atoms with E-state index in [4.69, 9.17) is 18.0 Å². The fourth-order valence-electron chi connectivity index (χ4n) is 1.81. The molecular formula is C12H13FN4O2S2. The minimum absolute atomic E-state index is 0.0165. The van der Waals surface area contributed by atoms with Gasteiger partial charge in [-0.15, -0.1) is 0 Å². The summed E-state index contributed by atoms with van der Waals surface area (Å²) in [5.74, 6) is -0.302. The Labute approximate surface area is 126 Å². The molecule has 0 aliphatic carbocycles. The second-order valence-electron chi connectivity index (χ2n) is 4.27. The van der Waals surface area contributed by atoms with Crippen LogP contribution in [0.3, 0.4) is 0 Å². The molecule has 0 unspecified atom stereocenters. The Morgan fingerprint density at radius 1 is 1.52 bits per heavy atom. The molecule has 0 saturated carbocycles. The summed E-state index contributed by atoms with van der Waals surface area (Å²) in [7, 11) is -2.58. The number of halogens is 1. The molecule has 21 heavy (non-hydrogen) atoms. The molecule has 2 aromatic rings. The van der Waals surface area contributed by atoms with Crippen LogP contribution in [0.2, 0.25) is 0 Å². The minimum Gasteiger partial charge on any atom is -0.389 e. The molecule has 6 nitrogen and oxygen atoms in total. The number of sulfonamides is 1. The normalized spacial score (nSPS) is 11.8. The van der Waals surface area contributed by atoms with E-state index in [1.807, 2.05) is 0 Å². The molecule has 0 fully saturated rings. The Kier molecular flexibility index (Phi) is 4.35. The number of thiocarbonyl (C=S) groups is 1. The van der Waals surface area contributed by atoms with Crippen molar-refractivity contribution in [1.29, 1.82) is 0 Å². The van der Waals surface area contributed by atoms with Crippen molar-refractivity contribution in [3.8, 4) is 0 Å². The lowest BCUT2D eigenvalue weighted by Crippen LogP contribution is -2.29. The molecule has 0 spiro atoms. The Hall–Kier alpha value is -1.84. The summed E-state index contributed by atoms with van der Waals surface area (Å²) < 4.78 is 39.9. The smallest absolute Gasteiger partial charge is 0.244 e. The molecule has 0 atom stereocenters. The number of imidazole rings is 1. The van der Waals surface area contributed by atoms with Gasteiger partial charge >= 0.3 is 0 Å². The summed E-state index contributed by atoms with van der Waals surface area (Å²) in [6, 6.07) is 3.68. The van der Waals surface area contributed by atoms with Crippen LogP contribution in [0, 0.1) is 5.82 Å². The third kappa shape index (κ3) is 3.09. The van der Waals surface area contributed by atoms with Crippen LogP contribution in [0.1, 0.15) is 11.4 Å². The van der Waals surface area contributed by atoms with E-state index in [9.17, 15) is 12.8 Å². The molecular weight excluding hydrogens is 315 g/mol. The topological polar surface area (TPSA) is 92.1 Å². The second kappa shape index (κ2) is 5.88. The Morgan fingerprint density at radius 3 is 2.81 bits per heavy atom. The predicted octanol–water partition coefficient (Wildman–Crippen LogP) is 1.00. The molecule has 0 saturated heterocycles. The second-order valence-corrected chi connectivity index (χ2v) is 6.73. The zero-order valence-corrected chi connectivity index (χ0v) is 12.7. The molecule has 9 heteroatoms. The number of aromatic amines is 1. The van der Waals surface area contributed by atoms with Gasteiger partial charge in [0.2, 0.25) is 10.0 Å². The molecule has 3 N–H and O–H groups in total. The van der Waals surface area contributed by atoms with Crippen molar-refractivity contribution in [2.75, 3.05) is 7.05 Å². The molecule has 0 aliphatic heterocycles. The molecule has 112 valence electrons. The maximum absolute atomic E-state index is 13.8. The maximum Gasteiger partial charge on any atom is 0.244 e. The first-order valence-electron chi connectivity index (χ1n) is 5.87. The minimum atomic E-state index is -3.95. The van der Waals surface area contributed by atoms with Crippen molar-refractivity contribution in [2.24, 2.45) is 5.73 Å². The Morgan fingerprint density at radius 2 is 2.24 bits per heavy atom. The Balaban J connectivity index is 2.44. The number of nitrogens with two attached hydrogens (primary N) is 1. The van der Waals surface area contributed by atoms with Crippen LogP contribution < -0.4 is 5.73 Å². The molecule has 1 aromatic carbocycles. The van der Waals surface area contributed by atoms with Gasteiger partial charge in [-0.05, 0) is 12.1 Å². The van der Waals surface area contributed by atoms with Crippen molar-refractivity contribution >= 4 is 27.2 Å². The van der Waals surface area contributed by atoms with Crippen molar-refractivity contribution < 1.29 is 12.8 Å². The lowest BCUT2D eigenvalue weighted by atomic mass is 10.2. The summed E-state index contributed by atoms with van der Waals surface area (Å²) in [5, 5.41) is 0. The summed E-state index contributed by atoms with van der Waals surface area (Å²) in [6.45, 7) is 0.0165. The summed E-state index contributed by atoms with van der Waals surface area (Å²) in [6.07, 6.45) is 3.09. The summed E-state index contributed by atoms with van der Waals surface area (Å²) >= 11 is 4.74. The predicted molar refractivity (Wildman–Crippen MR) is 79.5 cm³/mol. The SMILES string of the molecule is CN(Cc1ncc[nH]1)S(=O)(=O)c1cccc(F)c1C(N)=S. The van der Waals surface area contributed by atoms with Crippen molar-refractivity contribution in [1.82, 2.24) is 14.3 Å². The largest absolute Gasteiger partial charge is 0.389 e. The first-order chi connectivity index (χ1) is 9.84. The number of benzene rings is 1. The van der Waals surface area contributed by atoms with Gasteiger partial charge in [0, 0.05) is 19.4 Å². The van der Waals surface area contributed by atoms with Crippen LogP contribution in [-0.2, 0) is 16.6 Å². The van der Waals surface area contributed by atoms with E-state index in [1.165, 1.54) is 25.4 Å². The third-order valence-corrected chi connectivity index (χ3v) is 4.89. The highest BCUT2D eigenvalue weighted by atomic mass is 32.2. The molecule has 0 amide bonds. The van der Waals surface area contributed by atoms with Crippen molar-refractivity contribution in [3.05, 3.63) is 47.8 Å². The molecule has 0 aliphatic rings. The fraction of sp³-hybridized carbons (Fsp3) is 0.167. The average Bonchev–Trinajstić information content (AvgIpc) is 2.90. The average molecular weight is 328 g/mol. The fourth-order valence-corrected chi connectivity index (χ4v) is 3.42. The van der Waals surface area contributed by atoms with Gasteiger partial charge in [0.1, 0.15) is 16.6 Å². The zero-order valence-electron chi connectivity index (χ0n) is 11.1. The molecule has 0 bridgehead atoms. The number of nitrogens with one attached hydrogen (secondary N) is 1. The Bertz CT molecular complexity index is 760. The van der Waals surface area contributed by atoms with Crippen LogP contribution in [0.25, 0.3) is 0 Å². The molecule has 2 rings (SSSR count). The number of H-pyrrole nitrogens is 1. The lowest BCUT2D eigenvalue weighted by Gasteiger charge is -2.18. The number of hydrogen-bond acceptors (Lipinski definition) is 4. The molecule has 1 heterocycles. The number of hydrogen-bond donors (Lipinski definition) is 2. The maximum atomic E-state index is 13.8. The summed E-state index contributed by atoms with van der Waals surface area (Å²) in [5.41, 5.74) is 5.16. The quantitative estimate of drug-likeness (QED) is 0.799. The standard InChI is InChI=1S/C12H13FN4O2S2/c1-17(7-10-15-5-6-16-10)21(18,19)9-4-2-3-8(13)11(9)12(14)20/h2-6H,7H2,1H3,(H2,14,20)(H,15,16). The number of nitrogens with zero attached hydrogens (tertiary/aromatic N) is 2. The molecule has 1 aromatic heterocycles. The third-order valence-electron chi connectivity index (χ3n) is 2.84. The van der Waals surface area contributed by atoms with Gasteiger partial charge in [-0.2, -0.15) is 4.31 Å². The van der Waals surface area contributed by atoms with Crippen molar-refractivity contribution in [3.63, 3.8) is 0 Å². The van der Waals surface area contributed by atoms with Crippen LogP contribution in [0.15, 0.2) is 35.5 Å². The van der Waals surface area contributed by atoms with E-state index in [1.54, 1.807) is 6.20 Å². The van der Waals surface area contributed by atoms with Gasteiger partial charge in [-0.25, -0.2) is 17.8 Å². The van der Waals surface area contributed by atoms with Gasteiger partial charge in [0.25, 0.3) is 0 Å². The van der Waals surface area contributed by atoms with E-state index in [0.717, 1.165) is 10.4 Å². The van der Waals surface area contributed by atoms with E-state index < -0.39 is 15.8 Å². The van der Waals surface area contributed by atoms with Gasteiger partial charge < -0.3 is 10.7 Å². The van der Waals surface area contributed by atoms with Crippen LogP contribution in [-0.4, -0.2) is 34.7 Å². The van der Waals surface area contributed by atoms with Gasteiger partial charge in [-0.3, -0.25) is 0 Å². The van der Waals surface area contributed by atoms with Crippen LogP contribution >= 0.6 is 12.2 Å². The van der Waals surface area contributed by atoms with Crippen LogP contribution in [0.4, 0.5) is 4.39 Å². The highest BCUT2D eigenvalue weighted by Gasteiger charge is 2.27. The first-order valence-corrected chi connectivity index (χ1v) is 7.71. The number of aromatic nitrogens is 2. The van der Waals surface area contributed by atoms with E-state index in [2.05, 4.69) is 9.97 Å². The van der Waals surface area contributed by atoms with Crippen LogP contribution in [0.5, 0.6) is 0 Å². The van der Waals surface area contributed by atoms with E-state index >= 15 is 0 Å². The molecule has 0 radical (unpaired) electrons. The van der Waals surface area contributed by atoms with Gasteiger partial charge in [0.05, 0.1) is 17.0 Å². The highest BCUT2D eigenvalue weighted by Crippen LogP contribution is 2.22. The van der Waals surface area contributed by atoms with Gasteiger partial charge in [-0.1, -0.05) is 18.3 Å².